The van der Waals surface area contributed by atoms with E-state index in [4.69, 9.17) is 0 Å². The lowest BCUT2D eigenvalue weighted by Gasteiger charge is -2.09. The van der Waals surface area contributed by atoms with Crippen molar-refractivity contribution in [3.63, 3.8) is 0 Å². The SMILES string of the molecule is CCCn1ccc(CNc2c(C)nn(C(C)C)c2C)c1. The number of nitrogens with one attached hydrogen (secondary N) is 1. The van der Waals surface area contributed by atoms with Crippen LogP contribution in [-0.2, 0) is 13.1 Å². The van der Waals surface area contributed by atoms with Crippen LogP contribution in [0.1, 0.15) is 50.2 Å². The summed E-state index contributed by atoms with van der Waals surface area (Å²) in [6, 6.07) is 2.58. The fourth-order valence-electron chi connectivity index (χ4n) is 2.60. The van der Waals surface area contributed by atoms with Gasteiger partial charge in [-0.25, -0.2) is 0 Å². The summed E-state index contributed by atoms with van der Waals surface area (Å²) in [5.41, 5.74) is 4.77. The Labute approximate surface area is 121 Å². The Morgan fingerprint density at radius 1 is 1.30 bits per heavy atom. The van der Waals surface area contributed by atoms with Crippen molar-refractivity contribution in [1.82, 2.24) is 14.3 Å². The molecule has 0 aliphatic rings. The van der Waals surface area contributed by atoms with E-state index in [9.17, 15) is 0 Å². The predicted octanol–water partition coefficient (Wildman–Crippen LogP) is 3.90. The molecule has 1 N–H and O–H groups in total. The average molecular weight is 274 g/mol. The molecule has 0 radical (unpaired) electrons. The van der Waals surface area contributed by atoms with Gasteiger partial charge >= 0.3 is 0 Å². The second-order valence-corrected chi connectivity index (χ2v) is 5.70. The van der Waals surface area contributed by atoms with Crippen LogP contribution in [0.2, 0.25) is 0 Å². The summed E-state index contributed by atoms with van der Waals surface area (Å²) in [5.74, 6) is 0. The maximum Gasteiger partial charge on any atom is 0.0828 e. The molecular weight excluding hydrogens is 248 g/mol. The molecular formula is C16H26N4. The molecule has 2 rings (SSSR count). The van der Waals surface area contributed by atoms with Gasteiger partial charge in [0, 0.05) is 31.5 Å². The van der Waals surface area contributed by atoms with Gasteiger partial charge in [-0.2, -0.15) is 5.10 Å². The first-order valence-corrected chi connectivity index (χ1v) is 7.47. The van der Waals surface area contributed by atoms with Crippen molar-refractivity contribution in [1.29, 1.82) is 0 Å². The standard InChI is InChI=1S/C16H26N4/c1-6-8-19-9-7-15(11-19)10-17-16-13(4)18-20(12(2)3)14(16)5/h7,9,11-12,17H,6,8,10H2,1-5H3. The van der Waals surface area contributed by atoms with Crippen LogP contribution < -0.4 is 5.32 Å². The molecule has 0 atom stereocenters. The van der Waals surface area contributed by atoms with Crippen LogP contribution in [0.15, 0.2) is 18.5 Å². The van der Waals surface area contributed by atoms with Gasteiger partial charge in [-0.05, 0) is 45.7 Å². The number of aromatic nitrogens is 3. The van der Waals surface area contributed by atoms with Crippen molar-refractivity contribution in [2.75, 3.05) is 5.32 Å². The maximum atomic E-state index is 4.61. The van der Waals surface area contributed by atoms with E-state index in [1.807, 2.05) is 0 Å². The minimum atomic E-state index is 0.398. The Morgan fingerprint density at radius 3 is 2.65 bits per heavy atom. The summed E-state index contributed by atoms with van der Waals surface area (Å²) >= 11 is 0. The first-order chi connectivity index (χ1) is 9.52. The normalized spacial score (nSPS) is 11.3. The molecule has 2 aromatic rings. The lowest BCUT2D eigenvalue weighted by atomic mass is 10.2. The van der Waals surface area contributed by atoms with Crippen LogP contribution >= 0.6 is 0 Å². The average Bonchev–Trinajstić information content (AvgIpc) is 2.94. The maximum absolute atomic E-state index is 4.61. The first kappa shape index (κ1) is 14.7. The molecule has 0 unspecified atom stereocenters. The smallest absolute Gasteiger partial charge is 0.0828 e. The molecule has 0 aliphatic carbocycles. The van der Waals surface area contributed by atoms with Gasteiger partial charge in [-0.3, -0.25) is 4.68 Å². The van der Waals surface area contributed by atoms with Gasteiger partial charge in [0.2, 0.25) is 0 Å². The predicted molar refractivity (Wildman–Crippen MR) is 84.1 cm³/mol. The van der Waals surface area contributed by atoms with Crippen molar-refractivity contribution in [3.8, 4) is 0 Å². The summed E-state index contributed by atoms with van der Waals surface area (Å²) in [5, 5.41) is 8.14. The van der Waals surface area contributed by atoms with Crippen LogP contribution in [0.5, 0.6) is 0 Å². The zero-order valence-electron chi connectivity index (χ0n) is 13.3. The Morgan fingerprint density at radius 2 is 2.05 bits per heavy atom. The number of rotatable bonds is 6. The summed E-state index contributed by atoms with van der Waals surface area (Å²) in [6.45, 7) is 12.7. The van der Waals surface area contributed by atoms with E-state index >= 15 is 0 Å². The Balaban J connectivity index is 2.06. The number of hydrogen-bond acceptors (Lipinski definition) is 2. The van der Waals surface area contributed by atoms with Gasteiger partial charge in [-0.15, -0.1) is 0 Å². The molecule has 2 aromatic heterocycles. The highest BCUT2D eigenvalue weighted by molar-refractivity contribution is 5.52. The van der Waals surface area contributed by atoms with E-state index < -0.39 is 0 Å². The van der Waals surface area contributed by atoms with Crippen molar-refractivity contribution < 1.29 is 0 Å². The minimum Gasteiger partial charge on any atom is -0.378 e. The third-order valence-electron chi connectivity index (χ3n) is 3.58. The lowest BCUT2D eigenvalue weighted by Crippen LogP contribution is -2.06. The highest BCUT2D eigenvalue weighted by atomic mass is 15.3. The van der Waals surface area contributed by atoms with Crippen molar-refractivity contribution in [3.05, 3.63) is 35.4 Å². The van der Waals surface area contributed by atoms with Crippen molar-refractivity contribution in [2.24, 2.45) is 0 Å². The van der Waals surface area contributed by atoms with Crippen LogP contribution in [0, 0.1) is 13.8 Å². The number of aryl methyl sites for hydroxylation is 2. The zero-order valence-corrected chi connectivity index (χ0v) is 13.3. The van der Waals surface area contributed by atoms with Gasteiger partial charge in [0.25, 0.3) is 0 Å². The van der Waals surface area contributed by atoms with Crippen molar-refractivity contribution in [2.45, 2.75) is 60.2 Å². The van der Waals surface area contributed by atoms with Crippen LogP contribution in [-0.4, -0.2) is 14.3 Å². The molecule has 0 saturated heterocycles. The fourth-order valence-corrected chi connectivity index (χ4v) is 2.60. The Kier molecular flexibility index (Phi) is 4.53. The molecule has 0 bridgehead atoms. The van der Waals surface area contributed by atoms with Gasteiger partial charge < -0.3 is 9.88 Å². The van der Waals surface area contributed by atoms with Gasteiger partial charge in [0.15, 0.2) is 0 Å². The van der Waals surface area contributed by atoms with Gasteiger partial charge in [-0.1, -0.05) is 6.92 Å². The highest BCUT2D eigenvalue weighted by Gasteiger charge is 2.13. The summed E-state index contributed by atoms with van der Waals surface area (Å²) in [7, 11) is 0. The molecule has 0 saturated carbocycles. The monoisotopic (exact) mass is 274 g/mol. The zero-order chi connectivity index (χ0) is 14.7. The molecule has 20 heavy (non-hydrogen) atoms. The molecule has 4 heteroatoms. The number of nitrogens with zero attached hydrogens (tertiary/aromatic N) is 3. The summed E-state index contributed by atoms with van der Waals surface area (Å²) in [4.78, 5) is 0. The van der Waals surface area contributed by atoms with Crippen molar-refractivity contribution >= 4 is 5.69 Å². The molecule has 4 nitrogen and oxygen atoms in total. The topological polar surface area (TPSA) is 34.8 Å². The Hall–Kier alpha value is -1.71. The third kappa shape index (κ3) is 3.06. The van der Waals surface area contributed by atoms with E-state index in [1.54, 1.807) is 0 Å². The highest BCUT2D eigenvalue weighted by Crippen LogP contribution is 2.23. The lowest BCUT2D eigenvalue weighted by molar-refractivity contribution is 0.516. The minimum absolute atomic E-state index is 0.398. The van der Waals surface area contributed by atoms with E-state index in [-0.39, 0.29) is 0 Å². The second kappa shape index (κ2) is 6.16. The molecule has 0 aliphatic heterocycles. The first-order valence-electron chi connectivity index (χ1n) is 7.47. The van der Waals surface area contributed by atoms with E-state index in [1.165, 1.54) is 23.4 Å². The molecule has 2 heterocycles. The van der Waals surface area contributed by atoms with Gasteiger partial charge in [0.05, 0.1) is 17.1 Å². The number of hydrogen-bond donors (Lipinski definition) is 1. The fraction of sp³-hybridized carbons (Fsp3) is 0.562. The second-order valence-electron chi connectivity index (χ2n) is 5.70. The summed E-state index contributed by atoms with van der Waals surface area (Å²) in [6.07, 6.45) is 5.53. The summed E-state index contributed by atoms with van der Waals surface area (Å²) < 4.78 is 4.33. The van der Waals surface area contributed by atoms with Crippen LogP contribution in [0.4, 0.5) is 5.69 Å². The van der Waals surface area contributed by atoms with E-state index in [0.29, 0.717) is 6.04 Å². The molecule has 0 amide bonds. The van der Waals surface area contributed by atoms with Crippen LogP contribution in [0.3, 0.4) is 0 Å². The number of anilines is 1. The molecule has 110 valence electrons. The molecule has 0 aromatic carbocycles. The molecule has 0 fully saturated rings. The largest absolute Gasteiger partial charge is 0.378 e. The Bertz CT molecular complexity index is 563. The van der Waals surface area contributed by atoms with E-state index in [2.05, 4.69) is 72.7 Å². The van der Waals surface area contributed by atoms with E-state index in [0.717, 1.165) is 18.8 Å². The quantitative estimate of drug-likeness (QED) is 0.867. The van der Waals surface area contributed by atoms with Crippen LogP contribution in [0.25, 0.3) is 0 Å². The van der Waals surface area contributed by atoms with Gasteiger partial charge in [0.1, 0.15) is 0 Å². The molecule has 0 spiro atoms. The third-order valence-corrected chi connectivity index (χ3v) is 3.58.